The van der Waals surface area contributed by atoms with Gasteiger partial charge in [0.05, 0.1) is 35.1 Å². The number of fused-ring (bicyclic) bond motifs is 2. The maximum atomic E-state index is 15.3. The number of rotatable bonds is 9. The Labute approximate surface area is 387 Å². The Balaban J connectivity index is 0.921. The van der Waals surface area contributed by atoms with E-state index in [4.69, 9.17) is 10.2 Å². The quantitative estimate of drug-likeness (QED) is 0.0772. The number of hydrogen-bond donors (Lipinski definition) is 6. The number of hydrogen-bond acceptors (Lipinski definition) is 9. The highest BCUT2D eigenvalue weighted by molar-refractivity contribution is 5.92. The molecule has 0 radical (unpaired) electrons. The number of benzene rings is 2. The van der Waals surface area contributed by atoms with Gasteiger partial charge in [-0.2, -0.15) is 41.8 Å². The Hall–Kier alpha value is -6.13. The van der Waals surface area contributed by atoms with Gasteiger partial charge in [-0.3, -0.25) is 29.6 Å². The normalized spacial score (nSPS) is 25.3. The summed E-state index contributed by atoms with van der Waals surface area (Å²) < 4.78 is 93.0. The molecule has 358 valence electrons. The highest BCUT2D eigenvalue weighted by Gasteiger charge is 2.58. The fourth-order valence-electron chi connectivity index (χ4n) is 11.4. The van der Waals surface area contributed by atoms with Crippen molar-refractivity contribution < 1.29 is 26.3 Å². The SMILES string of the molecule is N#CC1CCCCC1n1nc(Nc2ccc(C3(C(F)(F)F)CCCCN3)cc2)c2c(=O)[nH]c(C3CCC(c4ccc(Nc5nn(C6CCCCC6)c6cc[nH]c(=O)c56)cc4)(C(F)(F)F)NC3)cc21. The van der Waals surface area contributed by atoms with Gasteiger partial charge in [0.1, 0.15) is 21.9 Å². The van der Waals surface area contributed by atoms with Crippen LogP contribution in [0.4, 0.5) is 49.4 Å². The van der Waals surface area contributed by atoms with E-state index in [0.717, 1.165) is 44.9 Å². The third kappa shape index (κ3) is 8.02. The average Bonchev–Trinajstić information content (AvgIpc) is 3.90. The molecule has 2 saturated carbocycles. The summed E-state index contributed by atoms with van der Waals surface area (Å²) in [5.74, 6) is -0.462. The second kappa shape index (κ2) is 17.7. The minimum atomic E-state index is -4.70. The van der Waals surface area contributed by atoms with Gasteiger partial charge in [-0.1, -0.05) is 56.4 Å². The van der Waals surface area contributed by atoms with Crippen molar-refractivity contribution in [3.8, 4) is 6.07 Å². The minimum absolute atomic E-state index is 0.0126. The Bertz CT molecular complexity index is 2950. The van der Waals surface area contributed by atoms with E-state index < -0.39 is 40.8 Å². The largest absolute Gasteiger partial charge is 0.410 e. The first kappa shape index (κ1) is 45.6. The fraction of sp³-hybridized carbons (Fsp3) is 0.490. The molecule has 5 atom stereocenters. The van der Waals surface area contributed by atoms with Crippen LogP contribution in [0.25, 0.3) is 21.8 Å². The Kier molecular flexibility index (Phi) is 11.9. The van der Waals surface area contributed by atoms with E-state index in [-0.39, 0.29) is 72.3 Å². The monoisotopic (exact) mass is 941 g/mol. The van der Waals surface area contributed by atoms with Crippen molar-refractivity contribution in [3.63, 3.8) is 0 Å². The van der Waals surface area contributed by atoms with Crippen LogP contribution in [-0.4, -0.2) is 55.0 Å². The smallest absolute Gasteiger partial charge is 0.338 e. The molecule has 2 aliphatic heterocycles. The van der Waals surface area contributed by atoms with E-state index in [2.05, 4.69) is 37.3 Å². The lowest BCUT2D eigenvalue weighted by Crippen LogP contribution is -2.57. The Morgan fingerprint density at radius 2 is 1.26 bits per heavy atom. The zero-order valence-corrected chi connectivity index (χ0v) is 37.3. The molecule has 0 spiro atoms. The summed E-state index contributed by atoms with van der Waals surface area (Å²) in [7, 11) is 0. The summed E-state index contributed by atoms with van der Waals surface area (Å²) in [5, 5.41) is 32.2. The first-order chi connectivity index (χ1) is 32.7. The molecule has 5 unspecified atom stereocenters. The van der Waals surface area contributed by atoms with Gasteiger partial charge in [0.25, 0.3) is 11.1 Å². The number of alkyl halides is 6. The molecule has 2 saturated heterocycles. The summed E-state index contributed by atoms with van der Waals surface area (Å²) in [5.41, 5.74) is -2.95. The first-order valence-electron chi connectivity index (χ1n) is 23.7. The van der Waals surface area contributed by atoms with Crippen LogP contribution in [0.15, 0.2) is 76.4 Å². The molecule has 13 nitrogen and oxygen atoms in total. The maximum absolute atomic E-state index is 15.3. The number of nitrogens with one attached hydrogen (secondary N) is 6. The van der Waals surface area contributed by atoms with Crippen molar-refractivity contribution in [1.29, 1.82) is 5.26 Å². The van der Waals surface area contributed by atoms with Crippen molar-refractivity contribution in [2.24, 2.45) is 5.92 Å². The average molecular weight is 942 g/mol. The third-order valence-corrected chi connectivity index (χ3v) is 15.1. The van der Waals surface area contributed by atoms with Crippen LogP contribution in [0.1, 0.15) is 125 Å². The van der Waals surface area contributed by atoms with Crippen LogP contribution in [0.3, 0.4) is 0 Å². The third-order valence-electron chi connectivity index (χ3n) is 15.1. The molecular formula is C49H53F6N11O2. The molecule has 2 aromatic carbocycles. The van der Waals surface area contributed by atoms with E-state index in [9.17, 15) is 28.0 Å². The van der Waals surface area contributed by atoms with Crippen LogP contribution < -0.4 is 32.4 Å². The van der Waals surface area contributed by atoms with Gasteiger partial charge in [0.15, 0.2) is 11.6 Å². The Morgan fingerprint density at radius 3 is 1.85 bits per heavy atom. The maximum Gasteiger partial charge on any atom is 0.410 e. The molecule has 4 aromatic heterocycles. The minimum Gasteiger partial charge on any atom is -0.338 e. The van der Waals surface area contributed by atoms with Crippen LogP contribution in [0.2, 0.25) is 0 Å². The summed E-state index contributed by atoms with van der Waals surface area (Å²) in [6, 6.07) is 17.6. The number of nitrogens with zero attached hydrogens (tertiary/aromatic N) is 5. The molecule has 19 heteroatoms. The van der Waals surface area contributed by atoms with Crippen molar-refractivity contribution in [2.45, 2.75) is 131 Å². The van der Waals surface area contributed by atoms with E-state index in [1.54, 1.807) is 29.1 Å². The lowest BCUT2D eigenvalue weighted by Gasteiger charge is -2.43. The second-order valence-corrected chi connectivity index (χ2v) is 19.1. The van der Waals surface area contributed by atoms with E-state index >= 15 is 13.2 Å². The number of anilines is 4. The van der Waals surface area contributed by atoms with Gasteiger partial charge in [-0.05, 0) is 112 Å². The van der Waals surface area contributed by atoms with Gasteiger partial charge < -0.3 is 20.6 Å². The van der Waals surface area contributed by atoms with Crippen molar-refractivity contribution in [2.75, 3.05) is 23.7 Å². The van der Waals surface area contributed by atoms with Crippen molar-refractivity contribution in [1.82, 2.24) is 40.2 Å². The highest BCUT2D eigenvalue weighted by Crippen LogP contribution is 2.48. The van der Waals surface area contributed by atoms with Crippen molar-refractivity contribution in [3.05, 3.63) is 104 Å². The molecule has 4 aliphatic rings. The number of H-pyrrole nitrogens is 2. The Morgan fingerprint density at radius 1 is 0.662 bits per heavy atom. The summed E-state index contributed by atoms with van der Waals surface area (Å²) in [6.07, 6.45) is 1.15. The standard InChI is InChI=1S/C49H53F6N11O2/c50-48(51,52)46(22-6-7-24-58-46)31-12-16-34(17-13-31)61-43-41-39(66(64-43)37-11-5-4-8-29(37)27-56)26-36(62-45(41)68)30-20-23-47(59-28-30,49(53,54)55)32-14-18-33(19-15-32)60-42-40-38(21-25-57-44(40)67)65(63-42)35-9-2-1-3-10-35/h12-19,21,25-26,29-30,35,37,58-59H,1-11,20,22-24,28H2,(H,57,67)(H,60,63)(H,61,64)(H,62,68). The van der Waals surface area contributed by atoms with E-state index in [0.29, 0.717) is 65.0 Å². The van der Waals surface area contributed by atoms with Gasteiger partial charge in [0, 0.05) is 35.7 Å². The molecule has 4 fully saturated rings. The zero-order chi connectivity index (χ0) is 47.4. The predicted molar refractivity (Wildman–Crippen MR) is 246 cm³/mol. The zero-order valence-electron chi connectivity index (χ0n) is 37.3. The molecule has 2 aliphatic carbocycles. The first-order valence-corrected chi connectivity index (χ1v) is 23.7. The van der Waals surface area contributed by atoms with Crippen molar-refractivity contribution >= 4 is 44.8 Å². The predicted octanol–water partition coefficient (Wildman–Crippen LogP) is 10.5. The van der Waals surface area contributed by atoms with Crippen LogP contribution in [0, 0.1) is 17.2 Å². The summed E-state index contributed by atoms with van der Waals surface area (Å²) in [6.45, 7) is 0.112. The number of pyridine rings is 2. The lowest BCUT2D eigenvalue weighted by molar-refractivity contribution is -0.208. The summed E-state index contributed by atoms with van der Waals surface area (Å²) >= 11 is 0. The molecule has 0 bridgehead atoms. The van der Waals surface area contributed by atoms with Crippen LogP contribution in [0.5, 0.6) is 0 Å². The second-order valence-electron chi connectivity index (χ2n) is 19.1. The number of halogens is 6. The van der Waals surface area contributed by atoms with Gasteiger partial charge in [-0.15, -0.1) is 0 Å². The number of aromatic nitrogens is 6. The molecule has 0 amide bonds. The van der Waals surface area contributed by atoms with E-state index in [1.807, 2.05) is 10.7 Å². The topological polar surface area (TPSA) is 173 Å². The fourth-order valence-corrected chi connectivity index (χ4v) is 11.4. The van der Waals surface area contributed by atoms with Gasteiger partial charge in [0.2, 0.25) is 0 Å². The van der Waals surface area contributed by atoms with Gasteiger partial charge >= 0.3 is 12.4 Å². The summed E-state index contributed by atoms with van der Waals surface area (Å²) in [4.78, 5) is 32.9. The molecular weight excluding hydrogens is 889 g/mol. The number of aromatic amines is 2. The lowest BCUT2D eigenvalue weighted by atomic mass is 9.77. The van der Waals surface area contributed by atoms with Crippen LogP contribution in [-0.2, 0) is 11.1 Å². The molecule has 6 N–H and O–H groups in total. The van der Waals surface area contributed by atoms with Crippen LogP contribution >= 0.6 is 0 Å². The highest BCUT2D eigenvalue weighted by atomic mass is 19.4. The van der Waals surface area contributed by atoms with E-state index in [1.165, 1.54) is 36.4 Å². The number of nitriles is 1. The molecule has 6 aromatic rings. The molecule has 68 heavy (non-hydrogen) atoms. The molecule has 6 heterocycles. The number of piperidine rings is 2. The molecule has 10 rings (SSSR count). The van der Waals surface area contributed by atoms with Gasteiger partial charge in [-0.25, -0.2) is 0 Å².